The fourth-order valence-corrected chi connectivity index (χ4v) is 1.07. The minimum Gasteiger partial charge on any atom is -0.399 e. The Kier molecular flexibility index (Phi) is 1.71. The van der Waals surface area contributed by atoms with Crippen LogP contribution >= 0.6 is 0 Å². The summed E-state index contributed by atoms with van der Waals surface area (Å²) in [5.41, 5.74) is 10.4. The molecular formula is C8H12BN. The van der Waals surface area contributed by atoms with Crippen molar-refractivity contribution in [1.82, 2.24) is 0 Å². The van der Waals surface area contributed by atoms with Crippen LogP contribution < -0.4 is 11.2 Å². The smallest absolute Gasteiger partial charge is 0.139 e. The third-order valence-corrected chi connectivity index (χ3v) is 1.95. The van der Waals surface area contributed by atoms with Crippen molar-refractivity contribution in [2.45, 2.75) is 13.8 Å². The summed E-state index contributed by atoms with van der Waals surface area (Å²) in [6, 6.07) is 4.00. The van der Waals surface area contributed by atoms with Gasteiger partial charge in [-0.3, -0.25) is 0 Å². The van der Waals surface area contributed by atoms with E-state index in [0.717, 1.165) is 5.69 Å². The Labute approximate surface area is 62.7 Å². The number of aryl methyl sites for hydroxylation is 2. The van der Waals surface area contributed by atoms with Crippen molar-refractivity contribution < 1.29 is 0 Å². The van der Waals surface area contributed by atoms with Crippen LogP contribution in [0.2, 0.25) is 0 Å². The number of rotatable bonds is 0. The molecule has 52 valence electrons. The summed E-state index contributed by atoms with van der Waals surface area (Å²) >= 11 is 0. The van der Waals surface area contributed by atoms with Gasteiger partial charge in [0.15, 0.2) is 0 Å². The van der Waals surface area contributed by atoms with Crippen LogP contribution in [-0.2, 0) is 0 Å². The topological polar surface area (TPSA) is 26.0 Å². The summed E-state index contributed by atoms with van der Waals surface area (Å²) in [4.78, 5) is 0. The molecule has 0 bridgehead atoms. The molecular weight excluding hydrogens is 121 g/mol. The van der Waals surface area contributed by atoms with Crippen molar-refractivity contribution in [3.05, 3.63) is 23.3 Å². The van der Waals surface area contributed by atoms with Gasteiger partial charge in [0.25, 0.3) is 0 Å². The van der Waals surface area contributed by atoms with Gasteiger partial charge in [-0.2, -0.15) is 0 Å². The van der Waals surface area contributed by atoms with Gasteiger partial charge in [0.1, 0.15) is 7.85 Å². The molecule has 0 heterocycles. The summed E-state index contributed by atoms with van der Waals surface area (Å²) in [5, 5.41) is 0. The molecule has 0 amide bonds. The third kappa shape index (κ3) is 1.15. The van der Waals surface area contributed by atoms with Gasteiger partial charge in [0.2, 0.25) is 0 Å². The maximum atomic E-state index is 5.63. The summed E-state index contributed by atoms with van der Waals surface area (Å²) in [6.07, 6.45) is 0. The number of hydrogen-bond acceptors (Lipinski definition) is 1. The molecule has 0 radical (unpaired) electrons. The molecule has 2 heteroatoms. The van der Waals surface area contributed by atoms with Gasteiger partial charge >= 0.3 is 0 Å². The monoisotopic (exact) mass is 133 g/mol. The molecule has 0 aromatic heterocycles. The molecule has 0 spiro atoms. The van der Waals surface area contributed by atoms with Crippen LogP contribution in [0.5, 0.6) is 0 Å². The standard InChI is InChI=1S/C8H12BN/c1-5-3-7(10)4-6(2)8(5)9/h3-4H,9-10H2,1-2H3. The highest BCUT2D eigenvalue weighted by atomic mass is 14.5. The van der Waals surface area contributed by atoms with E-state index < -0.39 is 0 Å². The van der Waals surface area contributed by atoms with E-state index in [1.165, 1.54) is 16.6 Å². The molecule has 0 aliphatic rings. The summed E-state index contributed by atoms with van der Waals surface area (Å²) in [6.45, 7) is 4.16. The van der Waals surface area contributed by atoms with Crippen molar-refractivity contribution >= 4 is 19.0 Å². The van der Waals surface area contributed by atoms with Crippen LogP contribution in [0.1, 0.15) is 11.1 Å². The maximum absolute atomic E-state index is 5.63. The molecule has 1 nitrogen and oxygen atoms in total. The first-order valence-corrected chi connectivity index (χ1v) is 3.44. The van der Waals surface area contributed by atoms with Gasteiger partial charge in [-0.25, -0.2) is 0 Å². The molecule has 0 fully saturated rings. The average Bonchev–Trinajstić information content (AvgIpc) is 1.82. The highest BCUT2D eigenvalue weighted by Gasteiger charge is 1.96. The minimum atomic E-state index is 0.862. The first-order valence-electron chi connectivity index (χ1n) is 3.44. The maximum Gasteiger partial charge on any atom is 0.139 e. The van der Waals surface area contributed by atoms with Gasteiger partial charge < -0.3 is 5.73 Å². The molecule has 0 saturated heterocycles. The van der Waals surface area contributed by atoms with Crippen molar-refractivity contribution in [1.29, 1.82) is 0 Å². The Morgan fingerprint density at radius 1 is 1.20 bits per heavy atom. The Morgan fingerprint density at radius 3 is 2.00 bits per heavy atom. The molecule has 10 heavy (non-hydrogen) atoms. The van der Waals surface area contributed by atoms with Crippen LogP contribution in [-0.4, -0.2) is 7.85 Å². The number of nitrogens with two attached hydrogens (primary N) is 1. The lowest BCUT2D eigenvalue weighted by Crippen LogP contribution is -2.11. The van der Waals surface area contributed by atoms with Crippen molar-refractivity contribution in [3.63, 3.8) is 0 Å². The minimum absolute atomic E-state index is 0.862. The first-order chi connectivity index (χ1) is 4.61. The predicted octanol–water partition coefficient (Wildman–Crippen LogP) is 0.144. The third-order valence-electron chi connectivity index (χ3n) is 1.95. The lowest BCUT2D eigenvalue weighted by atomic mass is 9.86. The predicted molar refractivity (Wildman–Crippen MR) is 48.5 cm³/mol. The second-order valence-corrected chi connectivity index (χ2v) is 2.78. The molecule has 2 N–H and O–H groups in total. The Bertz CT molecular complexity index is 232. The van der Waals surface area contributed by atoms with Crippen LogP contribution in [0, 0.1) is 13.8 Å². The van der Waals surface area contributed by atoms with E-state index in [4.69, 9.17) is 5.73 Å². The lowest BCUT2D eigenvalue weighted by molar-refractivity contribution is 1.43. The fourth-order valence-electron chi connectivity index (χ4n) is 1.07. The van der Waals surface area contributed by atoms with Crippen molar-refractivity contribution in [2.75, 3.05) is 5.73 Å². The number of anilines is 1. The van der Waals surface area contributed by atoms with Gasteiger partial charge in [-0.05, 0) is 26.0 Å². The second-order valence-electron chi connectivity index (χ2n) is 2.78. The summed E-state index contributed by atoms with van der Waals surface area (Å²) in [7, 11) is 2.12. The van der Waals surface area contributed by atoms with E-state index in [0.29, 0.717) is 0 Å². The van der Waals surface area contributed by atoms with E-state index >= 15 is 0 Å². The molecule has 1 aromatic rings. The fraction of sp³-hybridized carbons (Fsp3) is 0.250. The Balaban J connectivity index is 3.31. The van der Waals surface area contributed by atoms with E-state index in [2.05, 4.69) is 21.7 Å². The van der Waals surface area contributed by atoms with Gasteiger partial charge in [-0.1, -0.05) is 16.6 Å². The van der Waals surface area contributed by atoms with E-state index in [1.54, 1.807) is 0 Å². The Hall–Kier alpha value is -0.915. The van der Waals surface area contributed by atoms with E-state index in [1.807, 2.05) is 12.1 Å². The van der Waals surface area contributed by atoms with Crippen LogP contribution in [0.3, 0.4) is 0 Å². The van der Waals surface area contributed by atoms with E-state index in [9.17, 15) is 0 Å². The SMILES string of the molecule is Bc1c(C)cc(N)cc1C. The zero-order chi connectivity index (χ0) is 7.72. The molecule has 0 atom stereocenters. The number of nitrogen functional groups attached to an aromatic ring is 1. The van der Waals surface area contributed by atoms with Crippen LogP contribution in [0.4, 0.5) is 5.69 Å². The highest BCUT2D eigenvalue weighted by Crippen LogP contribution is 2.06. The second kappa shape index (κ2) is 2.37. The normalized spacial score (nSPS) is 9.80. The molecule has 0 aliphatic carbocycles. The van der Waals surface area contributed by atoms with E-state index in [-0.39, 0.29) is 0 Å². The molecule has 0 unspecified atom stereocenters. The van der Waals surface area contributed by atoms with Gasteiger partial charge in [0.05, 0.1) is 0 Å². The summed E-state index contributed by atoms with van der Waals surface area (Å²) < 4.78 is 0. The quantitative estimate of drug-likeness (QED) is 0.395. The largest absolute Gasteiger partial charge is 0.399 e. The number of benzene rings is 1. The van der Waals surface area contributed by atoms with Crippen LogP contribution in [0.15, 0.2) is 12.1 Å². The Morgan fingerprint density at radius 2 is 1.60 bits per heavy atom. The molecule has 1 rings (SSSR count). The molecule has 0 aliphatic heterocycles. The molecule has 1 aromatic carbocycles. The van der Waals surface area contributed by atoms with Crippen molar-refractivity contribution in [3.8, 4) is 0 Å². The van der Waals surface area contributed by atoms with Gasteiger partial charge in [0, 0.05) is 5.69 Å². The lowest BCUT2D eigenvalue weighted by Gasteiger charge is -2.04. The highest BCUT2D eigenvalue weighted by molar-refractivity contribution is 6.34. The van der Waals surface area contributed by atoms with Crippen LogP contribution in [0.25, 0.3) is 0 Å². The number of hydrogen-bond donors (Lipinski definition) is 1. The zero-order valence-electron chi connectivity index (χ0n) is 6.73. The average molecular weight is 133 g/mol. The van der Waals surface area contributed by atoms with Gasteiger partial charge in [-0.15, -0.1) is 0 Å². The first kappa shape index (κ1) is 7.20. The zero-order valence-corrected chi connectivity index (χ0v) is 6.73. The van der Waals surface area contributed by atoms with Crippen molar-refractivity contribution in [2.24, 2.45) is 0 Å². The summed E-state index contributed by atoms with van der Waals surface area (Å²) in [5.74, 6) is 0. The molecule has 0 saturated carbocycles.